The SMILES string of the molecule is CCC1(C)NC(=O)CN(Cc2cnc(C)s2)C1=O. The summed E-state index contributed by atoms with van der Waals surface area (Å²) in [6.07, 6.45) is 2.36. The van der Waals surface area contributed by atoms with Crippen molar-refractivity contribution in [1.29, 1.82) is 0 Å². The Morgan fingerprint density at radius 1 is 1.56 bits per heavy atom. The summed E-state index contributed by atoms with van der Waals surface area (Å²) in [5, 5.41) is 3.74. The molecular formula is C12H17N3O2S. The van der Waals surface area contributed by atoms with Gasteiger partial charge in [-0.05, 0) is 20.3 Å². The van der Waals surface area contributed by atoms with Gasteiger partial charge in [0.1, 0.15) is 12.1 Å². The highest BCUT2D eigenvalue weighted by atomic mass is 32.1. The summed E-state index contributed by atoms with van der Waals surface area (Å²) in [7, 11) is 0. The van der Waals surface area contributed by atoms with Crippen LogP contribution in [0.1, 0.15) is 30.2 Å². The molecule has 1 saturated heterocycles. The first kappa shape index (κ1) is 13.0. The van der Waals surface area contributed by atoms with Gasteiger partial charge in [0.2, 0.25) is 11.8 Å². The molecule has 0 aliphatic carbocycles. The van der Waals surface area contributed by atoms with Gasteiger partial charge in [0.05, 0.1) is 11.6 Å². The molecule has 2 rings (SSSR count). The molecule has 5 nitrogen and oxygen atoms in total. The number of amides is 2. The lowest BCUT2D eigenvalue weighted by Crippen LogP contribution is -2.64. The summed E-state index contributed by atoms with van der Waals surface area (Å²) >= 11 is 1.56. The number of rotatable bonds is 3. The van der Waals surface area contributed by atoms with Crippen LogP contribution in [0.4, 0.5) is 0 Å². The van der Waals surface area contributed by atoms with Crippen LogP contribution in [-0.2, 0) is 16.1 Å². The topological polar surface area (TPSA) is 62.3 Å². The Morgan fingerprint density at radius 2 is 2.28 bits per heavy atom. The van der Waals surface area contributed by atoms with Gasteiger partial charge in [-0.3, -0.25) is 9.59 Å². The fourth-order valence-corrected chi connectivity index (χ4v) is 2.84. The second-order valence-electron chi connectivity index (χ2n) is 4.74. The lowest BCUT2D eigenvalue weighted by atomic mass is 9.94. The molecule has 18 heavy (non-hydrogen) atoms. The molecule has 98 valence electrons. The van der Waals surface area contributed by atoms with E-state index in [9.17, 15) is 9.59 Å². The van der Waals surface area contributed by atoms with E-state index in [1.165, 1.54) is 0 Å². The largest absolute Gasteiger partial charge is 0.340 e. The molecule has 1 fully saturated rings. The number of thiazole rings is 1. The Labute approximate surface area is 110 Å². The van der Waals surface area contributed by atoms with Crippen LogP contribution in [0.25, 0.3) is 0 Å². The van der Waals surface area contributed by atoms with E-state index in [1.54, 1.807) is 29.4 Å². The van der Waals surface area contributed by atoms with Gasteiger partial charge < -0.3 is 10.2 Å². The average molecular weight is 267 g/mol. The van der Waals surface area contributed by atoms with Crippen molar-refractivity contribution in [2.75, 3.05) is 6.54 Å². The van der Waals surface area contributed by atoms with Crippen molar-refractivity contribution in [2.24, 2.45) is 0 Å². The molecule has 2 heterocycles. The number of piperazine rings is 1. The van der Waals surface area contributed by atoms with Gasteiger partial charge in [0, 0.05) is 11.1 Å². The minimum Gasteiger partial charge on any atom is -0.340 e. The maximum Gasteiger partial charge on any atom is 0.248 e. The van der Waals surface area contributed by atoms with Gasteiger partial charge in [-0.2, -0.15) is 0 Å². The lowest BCUT2D eigenvalue weighted by Gasteiger charge is -2.39. The molecule has 0 aromatic carbocycles. The Bertz CT molecular complexity index is 485. The highest BCUT2D eigenvalue weighted by molar-refractivity contribution is 7.11. The molecule has 6 heteroatoms. The molecule has 0 saturated carbocycles. The molecule has 0 bridgehead atoms. The Hall–Kier alpha value is -1.43. The van der Waals surface area contributed by atoms with E-state index in [0.717, 1.165) is 9.88 Å². The number of carbonyl (C=O) groups is 2. The third kappa shape index (κ3) is 2.38. The minimum absolute atomic E-state index is 0.0179. The number of aryl methyl sites for hydroxylation is 1. The normalized spacial score (nSPS) is 24.3. The van der Waals surface area contributed by atoms with E-state index in [1.807, 2.05) is 13.8 Å². The van der Waals surface area contributed by atoms with Crippen molar-refractivity contribution in [1.82, 2.24) is 15.2 Å². The number of nitrogens with one attached hydrogen (secondary N) is 1. The fraction of sp³-hybridized carbons (Fsp3) is 0.583. The monoisotopic (exact) mass is 267 g/mol. The van der Waals surface area contributed by atoms with Crippen LogP contribution in [0, 0.1) is 6.92 Å². The molecule has 0 radical (unpaired) electrons. The van der Waals surface area contributed by atoms with Gasteiger partial charge in [-0.1, -0.05) is 6.92 Å². The third-order valence-electron chi connectivity index (χ3n) is 3.23. The van der Waals surface area contributed by atoms with Crippen molar-refractivity contribution in [3.8, 4) is 0 Å². The second kappa shape index (κ2) is 4.68. The van der Waals surface area contributed by atoms with Crippen LogP contribution < -0.4 is 5.32 Å². The number of nitrogens with zero attached hydrogens (tertiary/aromatic N) is 2. The quantitative estimate of drug-likeness (QED) is 0.891. The molecule has 1 atom stereocenters. The molecule has 1 N–H and O–H groups in total. The lowest BCUT2D eigenvalue weighted by molar-refractivity contribution is -0.149. The zero-order chi connectivity index (χ0) is 13.3. The van der Waals surface area contributed by atoms with E-state index in [-0.39, 0.29) is 18.4 Å². The Morgan fingerprint density at radius 3 is 2.83 bits per heavy atom. The van der Waals surface area contributed by atoms with E-state index in [2.05, 4.69) is 10.3 Å². The van der Waals surface area contributed by atoms with Crippen LogP contribution >= 0.6 is 11.3 Å². The van der Waals surface area contributed by atoms with Crippen molar-refractivity contribution < 1.29 is 9.59 Å². The van der Waals surface area contributed by atoms with Gasteiger partial charge in [0.15, 0.2) is 0 Å². The summed E-state index contributed by atoms with van der Waals surface area (Å²) in [6.45, 7) is 6.20. The molecule has 1 unspecified atom stereocenters. The van der Waals surface area contributed by atoms with Crippen molar-refractivity contribution in [3.05, 3.63) is 16.1 Å². The summed E-state index contributed by atoms with van der Waals surface area (Å²) in [4.78, 5) is 30.8. The van der Waals surface area contributed by atoms with Crippen molar-refractivity contribution in [3.63, 3.8) is 0 Å². The number of carbonyl (C=O) groups excluding carboxylic acids is 2. The molecule has 1 aromatic rings. The average Bonchev–Trinajstić information content (AvgIpc) is 2.71. The molecule has 1 aromatic heterocycles. The molecule has 2 amide bonds. The predicted molar refractivity (Wildman–Crippen MR) is 69.1 cm³/mol. The van der Waals surface area contributed by atoms with Gasteiger partial charge >= 0.3 is 0 Å². The molecule has 0 spiro atoms. The van der Waals surface area contributed by atoms with Crippen LogP contribution in [-0.4, -0.2) is 33.8 Å². The summed E-state index contributed by atoms with van der Waals surface area (Å²) < 4.78 is 0. The number of hydrogen-bond donors (Lipinski definition) is 1. The van der Waals surface area contributed by atoms with Crippen LogP contribution in [0.2, 0.25) is 0 Å². The highest BCUT2D eigenvalue weighted by Crippen LogP contribution is 2.21. The van der Waals surface area contributed by atoms with E-state index >= 15 is 0 Å². The summed E-state index contributed by atoms with van der Waals surface area (Å²) in [6, 6.07) is 0. The van der Waals surface area contributed by atoms with Gasteiger partial charge in [-0.15, -0.1) is 11.3 Å². The van der Waals surface area contributed by atoms with Crippen LogP contribution in [0.3, 0.4) is 0 Å². The Balaban J connectivity index is 2.17. The smallest absolute Gasteiger partial charge is 0.248 e. The zero-order valence-corrected chi connectivity index (χ0v) is 11.6. The predicted octanol–water partition coefficient (Wildman–Crippen LogP) is 1.08. The number of aromatic nitrogens is 1. The van der Waals surface area contributed by atoms with Gasteiger partial charge in [-0.25, -0.2) is 4.98 Å². The standard InChI is InChI=1S/C12H17N3O2S/c1-4-12(3)11(17)15(7-10(16)14-12)6-9-5-13-8(2)18-9/h5H,4,6-7H2,1-3H3,(H,14,16). The molecule has 1 aliphatic rings. The minimum atomic E-state index is -0.769. The van der Waals surface area contributed by atoms with Crippen molar-refractivity contribution >= 4 is 23.2 Å². The summed E-state index contributed by atoms with van der Waals surface area (Å²) in [5.41, 5.74) is -0.769. The van der Waals surface area contributed by atoms with E-state index < -0.39 is 5.54 Å². The van der Waals surface area contributed by atoms with Crippen molar-refractivity contribution in [2.45, 2.75) is 39.3 Å². The maximum atomic E-state index is 12.3. The Kier molecular flexibility index (Phi) is 3.38. The highest BCUT2D eigenvalue weighted by Gasteiger charge is 2.41. The van der Waals surface area contributed by atoms with E-state index in [0.29, 0.717) is 13.0 Å². The third-order valence-corrected chi connectivity index (χ3v) is 4.13. The fourth-order valence-electron chi connectivity index (χ4n) is 2.03. The second-order valence-corrected chi connectivity index (χ2v) is 6.06. The van der Waals surface area contributed by atoms with Crippen LogP contribution in [0.5, 0.6) is 0 Å². The van der Waals surface area contributed by atoms with Crippen LogP contribution in [0.15, 0.2) is 6.20 Å². The molecular weight excluding hydrogens is 250 g/mol. The molecule has 1 aliphatic heterocycles. The summed E-state index contributed by atoms with van der Waals surface area (Å²) in [5.74, 6) is -0.115. The maximum absolute atomic E-state index is 12.3. The number of hydrogen-bond acceptors (Lipinski definition) is 4. The first-order valence-electron chi connectivity index (χ1n) is 5.96. The first-order chi connectivity index (χ1) is 8.44. The zero-order valence-electron chi connectivity index (χ0n) is 10.8. The van der Waals surface area contributed by atoms with E-state index in [4.69, 9.17) is 0 Å². The first-order valence-corrected chi connectivity index (χ1v) is 6.78. The van der Waals surface area contributed by atoms with Gasteiger partial charge in [0.25, 0.3) is 0 Å².